The Labute approximate surface area is 140 Å². The minimum atomic E-state index is -1.04. The van der Waals surface area contributed by atoms with Crippen molar-refractivity contribution in [2.24, 2.45) is 5.41 Å². The minimum Gasteiger partial charge on any atom is -0.396 e. The van der Waals surface area contributed by atoms with Crippen LogP contribution in [0.2, 0.25) is 0 Å². The third kappa shape index (κ3) is 8.16. The van der Waals surface area contributed by atoms with E-state index < -0.39 is 19.1 Å². The van der Waals surface area contributed by atoms with E-state index in [0.717, 1.165) is 18.2 Å². The lowest BCUT2D eigenvalue weighted by Gasteiger charge is -2.28. The van der Waals surface area contributed by atoms with Crippen LogP contribution < -0.4 is 0 Å². The topological polar surface area (TPSA) is 83.8 Å². The van der Waals surface area contributed by atoms with E-state index in [1.54, 1.807) is 13.8 Å². The molecule has 1 unspecified atom stereocenters. The Hall–Kier alpha value is -0.610. The van der Waals surface area contributed by atoms with E-state index in [9.17, 15) is 19.8 Å². The molecular weight excluding hydrogens is 315 g/mol. The van der Waals surface area contributed by atoms with E-state index in [4.69, 9.17) is 4.74 Å². The average molecular weight is 346 g/mol. The van der Waals surface area contributed by atoms with Gasteiger partial charge in [0.15, 0.2) is 0 Å². The molecule has 0 aromatic rings. The molecule has 5 nitrogen and oxygen atoms in total. The summed E-state index contributed by atoms with van der Waals surface area (Å²) in [6, 6.07) is 0. The molecule has 0 radical (unpaired) electrons. The SMILES string of the molecule is CCCP(CCOCC(CC)(CO)CO)C(=O)C(=O)C=C(C)C. The predicted octanol–water partition coefficient (Wildman–Crippen LogP) is 2.34. The lowest BCUT2D eigenvalue weighted by molar-refractivity contribution is -0.129. The molecule has 0 amide bonds. The second-order valence-corrected chi connectivity index (χ2v) is 8.48. The first kappa shape index (κ1) is 22.4. The quantitative estimate of drug-likeness (QED) is 0.231. The Balaban J connectivity index is 4.53. The average Bonchev–Trinajstić information content (AvgIpc) is 2.53. The molecule has 0 aromatic heterocycles. The number of hydrogen-bond donors (Lipinski definition) is 2. The van der Waals surface area contributed by atoms with Crippen molar-refractivity contribution in [3.8, 4) is 0 Å². The van der Waals surface area contributed by atoms with E-state index >= 15 is 0 Å². The molecule has 0 saturated carbocycles. The van der Waals surface area contributed by atoms with Gasteiger partial charge in [-0.25, -0.2) is 0 Å². The van der Waals surface area contributed by atoms with Crippen LogP contribution in [-0.2, 0) is 14.3 Å². The van der Waals surface area contributed by atoms with Crippen molar-refractivity contribution in [1.82, 2.24) is 0 Å². The van der Waals surface area contributed by atoms with E-state index in [1.165, 1.54) is 6.08 Å². The fourth-order valence-electron chi connectivity index (χ4n) is 1.99. The van der Waals surface area contributed by atoms with Crippen LogP contribution >= 0.6 is 7.92 Å². The first-order valence-corrected chi connectivity index (χ1v) is 9.84. The van der Waals surface area contributed by atoms with Crippen molar-refractivity contribution in [3.05, 3.63) is 11.6 Å². The Morgan fingerprint density at radius 1 is 1.13 bits per heavy atom. The summed E-state index contributed by atoms with van der Waals surface area (Å²) in [4.78, 5) is 24.1. The number of rotatable bonds is 13. The summed E-state index contributed by atoms with van der Waals surface area (Å²) in [5, 5.41) is 18.7. The predicted molar refractivity (Wildman–Crippen MR) is 94.1 cm³/mol. The zero-order valence-corrected chi connectivity index (χ0v) is 15.7. The van der Waals surface area contributed by atoms with Crippen molar-refractivity contribution in [2.45, 2.75) is 40.5 Å². The van der Waals surface area contributed by atoms with Crippen molar-refractivity contribution in [2.75, 3.05) is 38.8 Å². The zero-order valence-electron chi connectivity index (χ0n) is 14.8. The third-order valence-corrected chi connectivity index (χ3v) is 6.25. The normalized spacial score (nSPS) is 12.8. The van der Waals surface area contributed by atoms with Gasteiger partial charge in [0.2, 0.25) is 11.3 Å². The van der Waals surface area contributed by atoms with E-state index in [1.807, 2.05) is 13.8 Å². The summed E-state index contributed by atoms with van der Waals surface area (Å²) >= 11 is 0. The van der Waals surface area contributed by atoms with Gasteiger partial charge in [-0.2, -0.15) is 0 Å². The van der Waals surface area contributed by atoms with Gasteiger partial charge >= 0.3 is 0 Å². The fourth-order valence-corrected chi connectivity index (χ4v) is 3.89. The number of aliphatic hydroxyl groups excluding tert-OH is 2. The van der Waals surface area contributed by atoms with Crippen LogP contribution in [0.25, 0.3) is 0 Å². The third-order valence-electron chi connectivity index (χ3n) is 3.75. The highest BCUT2D eigenvalue weighted by Crippen LogP contribution is 2.37. The maximum absolute atomic E-state index is 12.2. The van der Waals surface area contributed by atoms with E-state index in [-0.39, 0.29) is 25.3 Å². The molecule has 1 atom stereocenters. The summed E-state index contributed by atoms with van der Waals surface area (Å²) in [5.41, 5.74) is -0.0996. The molecule has 0 spiro atoms. The number of ketones is 1. The van der Waals surface area contributed by atoms with Gasteiger partial charge < -0.3 is 14.9 Å². The van der Waals surface area contributed by atoms with Crippen LogP contribution in [-0.4, -0.2) is 60.3 Å². The monoisotopic (exact) mass is 346 g/mol. The number of aliphatic hydroxyl groups is 2. The molecule has 0 bridgehead atoms. The number of carbonyl (C=O) groups excluding carboxylic acids is 2. The highest BCUT2D eigenvalue weighted by Gasteiger charge is 2.27. The Morgan fingerprint density at radius 2 is 1.74 bits per heavy atom. The van der Waals surface area contributed by atoms with Crippen LogP contribution in [0.5, 0.6) is 0 Å². The number of ether oxygens (including phenoxy) is 1. The number of allylic oxidation sites excluding steroid dienone is 2. The van der Waals surface area contributed by atoms with Crippen LogP contribution in [0.3, 0.4) is 0 Å². The molecule has 0 aliphatic heterocycles. The molecule has 0 aliphatic rings. The molecule has 2 N–H and O–H groups in total. The molecule has 0 aliphatic carbocycles. The largest absolute Gasteiger partial charge is 0.396 e. The van der Waals surface area contributed by atoms with Gasteiger partial charge in [-0.15, -0.1) is 0 Å². The van der Waals surface area contributed by atoms with Crippen molar-refractivity contribution in [1.29, 1.82) is 0 Å². The summed E-state index contributed by atoms with van der Waals surface area (Å²) in [5.74, 6) is -0.418. The highest BCUT2D eigenvalue weighted by atomic mass is 31.1. The highest BCUT2D eigenvalue weighted by molar-refractivity contribution is 7.77. The standard InChI is InChI=1S/C17H31O5P/c1-5-8-23(16(21)15(20)10-14(3)4)9-7-22-13-17(6-2,11-18)12-19/h10,18-19H,5-9,11-13H2,1-4H3. The summed E-state index contributed by atoms with van der Waals surface area (Å²) in [6.07, 6.45) is 4.13. The Kier molecular flexibility index (Phi) is 11.5. The van der Waals surface area contributed by atoms with Gasteiger partial charge in [0.05, 0.1) is 26.4 Å². The minimum absolute atomic E-state index is 0.137. The number of carbonyl (C=O) groups is 2. The molecule has 23 heavy (non-hydrogen) atoms. The summed E-state index contributed by atoms with van der Waals surface area (Å²) in [6.45, 7) is 7.82. The van der Waals surface area contributed by atoms with Gasteiger partial charge in [-0.3, -0.25) is 9.59 Å². The van der Waals surface area contributed by atoms with Crippen molar-refractivity contribution < 1.29 is 24.5 Å². The lowest BCUT2D eigenvalue weighted by atomic mass is 9.88. The molecule has 0 saturated heterocycles. The van der Waals surface area contributed by atoms with Crippen molar-refractivity contribution in [3.63, 3.8) is 0 Å². The van der Waals surface area contributed by atoms with Gasteiger partial charge in [0.1, 0.15) is 0 Å². The zero-order chi connectivity index (χ0) is 17.9. The second-order valence-electron chi connectivity index (χ2n) is 6.10. The molecule has 6 heteroatoms. The van der Waals surface area contributed by atoms with Crippen molar-refractivity contribution >= 4 is 19.2 Å². The molecule has 0 rings (SSSR count). The van der Waals surface area contributed by atoms with Crippen LogP contribution in [0.1, 0.15) is 40.5 Å². The van der Waals surface area contributed by atoms with Gasteiger partial charge in [-0.05, 0) is 46.6 Å². The smallest absolute Gasteiger partial charge is 0.225 e. The maximum atomic E-state index is 12.2. The summed E-state index contributed by atoms with van der Waals surface area (Å²) < 4.78 is 5.58. The van der Waals surface area contributed by atoms with Gasteiger partial charge in [0.25, 0.3) is 0 Å². The Bertz CT molecular complexity index is 390. The Morgan fingerprint density at radius 3 is 2.17 bits per heavy atom. The fraction of sp³-hybridized carbons (Fsp3) is 0.765. The number of hydrogen-bond acceptors (Lipinski definition) is 5. The van der Waals surface area contributed by atoms with Crippen LogP contribution in [0.15, 0.2) is 11.6 Å². The van der Waals surface area contributed by atoms with Gasteiger partial charge in [-0.1, -0.05) is 25.8 Å². The summed E-state index contributed by atoms with van der Waals surface area (Å²) in [7, 11) is -1.04. The maximum Gasteiger partial charge on any atom is 0.225 e. The molecule has 134 valence electrons. The second kappa shape index (κ2) is 11.9. The lowest BCUT2D eigenvalue weighted by Crippen LogP contribution is -2.34. The van der Waals surface area contributed by atoms with Crippen LogP contribution in [0, 0.1) is 5.41 Å². The van der Waals surface area contributed by atoms with Crippen LogP contribution in [0.4, 0.5) is 0 Å². The molecule has 0 heterocycles. The van der Waals surface area contributed by atoms with E-state index in [0.29, 0.717) is 19.2 Å². The van der Waals surface area contributed by atoms with Gasteiger partial charge in [0, 0.05) is 5.41 Å². The molecule has 0 aromatic carbocycles. The van der Waals surface area contributed by atoms with E-state index in [2.05, 4.69) is 0 Å². The molecular formula is C17H31O5P. The first-order valence-electron chi connectivity index (χ1n) is 8.13. The first-order chi connectivity index (χ1) is 10.9. The molecule has 0 fully saturated rings.